The molecule has 0 aromatic rings. The molecule has 0 aliphatic heterocycles. The van der Waals surface area contributed by atoms with Crippen molar-refractivity contribution in [2.45, 2.75) is 91.9 Å². The topological polar surface area (TPSA) is 52.6 Å². The minimum absolute atomic E-state index is 0.0513. The average Bonchev–Trinajstić information content (AvgIpc) is 2.70. The summed E-state index contributed by atoms with van der Waals surface area (Å²) in [6.45, 7) is 16.4. The van der Waals surface area contributed by atoms with Gasteiger partial charge in [-0.3, -0.25) is 0 Å². The van der Waals surface area contributed by atoms with E-state index in [0.717, 1.165) is 51.4 Å². The van der Waals surface area contributed by atoms with Crippen molar-refractivity contribution in [1.29, 1.82) is 0 Å². The maximum absolute atomic E-state index is 12.1. The van der Waals surface area contributed by atoms with Crippen LogP contribution in [0.15, 0.2) is 24.3 Å². The predicted octanol–water partition coefficient (Wildman–Crippen LogP) is 6.40. The van der Waals surface area contributed by atoms with Gasteiger partial charge in [0, 0.05) is 11.1 Å². The van der Waals surface area contributed by atoms with Gasteiger partial charge < -0.3 is 9.47 Å². The molecule has 0 bridgehead atoms. The number of esters is 2. The van der Waals surface area contributed by atoms with Crippen molar-refractivity contribution in [3.8, 4) is 0 Å². The average molecular weight is 395 g/mol. The SMILES string of the molecule is C=C(CC(CC)CCCC)C(=O)OCCOC(=O)C(=C)CC(CC)CCCC. The first-order chi connectivity index (χ1) is 13.4. The zero-order chi connectivity index (χ0) is 21.4. The quantitative estimate of drug-likeness (QED) is 0.163. The van der Waals surface area contributed by atoms with E-state index in [-0.39, 0.29) is 13.2 Å². The first-order valence-electron chi connectivity index (χ1n) is 11.1. The Morgan fingerprint density at radius 1 is 0.714 bits per heavy atom. The Morgan fingerprint density at radius 3 is 1.36 bits per heavy atom. The van der Waals surface area contributed by atoms with E-state index in [2.05, 4.69) is 40.9 Å². The van der Waals surface area contributed by atoms with Crippen LogP contribution in [0.2, 0.25) is 0 Å². The Labute approximate surface area is 172 Å². The Bertz CT molecular complexity index is 437. The van der Waals surface area contributed by atoms with E-state index in [1.54, 1.807) is 0 Å². The molecule has 0 aromatic carbocycles. The molecule has 0 aromatic heterocycles. The third-order valence-corrected chi connectivity index (χ3v) is 5.28. The molecule has 162 valence electrons. The van der Waals surface area contributed by atoms with Crippen LogP contribution in [0, 0.1) is 11.8 Å². The van der Waals surface area contributed by atoms with E-state index in [4.69, 9.17) is 9.47 Å². The molecule has 4 heteroatoms. The fraction of sp³-hybridized carbons (Fsp3) is 0.750. The number of hydrogen-bond acceptors (Lipinski definition) is 4. The fourth-order valence-electron chi connectivity index (χ4n) is 3.22. The number of rotatable bonds is 17. The van der Waals surface area contributed by atoms with Gasteiger partial charge in [0.25, 0.3) is 0 Å². The first kappa shape index (κ1) is 26.4. The van der Waals surface area contributed by atoms with Crippen LogP contribution >= 0.6 is 0 Å². The second kappa shape index (κ2) is 16.4. The number of carbonyl (C=O) groups is 2. The third-order valence-electron chi connectivity index (χ3n) is 5.28. The van der Waals surface area contributed by atoms with Crippen LogP contribution in [0.5, 0.6) is 0 Å². The van der Waals surface area contributed by atoms with Crippen molar-refractivity contribution in [2.24, 2.45) is 11.8 Å². The van der Waals surface area contributed by atoms with E-state index in [0.29, 0.717) is 35.8 Å². The van der Waals surface area contributed by atoms with Crippen LogP contribution in [0.4, 0.5) is 0 Å². The predicted molar refractivity (Wildman–Crippen MR) is 116 cm³/mol. The second-order valence-electron chi connectivity index (χ2n) is 7.72. The highest BCUT2D eigenvalue weighted by molar-refractivity contribution is 5.88. The lowest BCUT2D eigenvalue weighted by atomic mass is 9.92. The summed E-state index contributed by atoms with van der Waals surface area (Å²) < 4.78 is 10.4. The van der Waals surface area contributed by atoms with Gasteiger partial charge in [0.2, 0.25) is 0 Å². The molecule has 0 spiro atoms. The number of carbonyl (C=O) groups excluding carboxylic acids is 2. The van der Waals surface area contributed by atoms with E-state index in [1.807, 2.05) is 0 Å². The van der Waals surface area contributed by atoms with E-state index in [1.165, 1.54) is 0 Å². The normalized spacial score (nSPS) is 12.9. The van der Waals surface area contributed by atoms with Crippen molar-refractivity contribution >= 4 is 11.9 Å². The molecule has 0 saturated heterocycles. The largest absolute Gasteiger partial charge is 0.459 e. The van der Waals surface area contributed by atoms with Crippen molar-refractivity contribution in [1.82, 2.24) is 0 Å². The van der Waals surface area contributed by atoms with Crippen molar-refractivity contribution in [2.75, 3.05) is 13.2 Å². The van der Waals surface area contributed by atoms with E-state index in [9.17, 15) is 9.59 Å². The zero-order valence-corrected chi connectivity index (χ0v) is 18.7. The standard InChI is InChI=1S/C24H42O4/c1-7-11-13-21(9-3)17-19(5)23(25)27-15-16-28-24(26)20(6)18-22(10-4)14-12-8-2/h21-22H,5-18H2,1-4H3. The lowest BCUT2D eigenvalue weighted by Gasteiger charge is -2.16. The Morgan fingerprint density at radius 2 is 1.07 bits per heavy atom. The summed E-state index contributed by atoms with van der Waals surface area (Å²) in [7, 11) is 0. The van der Waals surface area contributed by atoms with Gasteiger partial charge >= 0.3 is 11.9 Å². The minimum Gasteiger partial charge on any atom is -0.459 e. The lowest BCUT2D eigenvalue weighted by Crippen LogP contribution is -2.17. The highest BCUT2D eigenvalue weighted by atomic mass is 16.6. The van der Waals surface area contributed by atoms with Crippen molar-refractivity contribution < 1.29 is 19.1 Å². The highest BCUT2D eigenvalue weighted by Crippen LogP contribution is 2.22. The summed E-state index contributed by atoms with van der Waals surface area (Å²) in [6, 6.07) is 0. The molecule has 0 saturated carbocycles. The molecule has 0 fully saturated rings. The van der Waals surface area contributed by atoms with Gasteiger partial charge in [0.1, 0.15) is 13.2 Å². The van der Waals surface area contributed by atoms with Crippen LogP contribution in [-0.2, 0) is 19.1 Å². The number of ether oxygens (including phenoxy) is 2. The molecule has 0 aliphatic carbocycles. The van der Waals surface area contributed by atoms with Gasteiger partial charge in [-0.1, -0.05) is 92.2 Å². The minimum atomic E-state index is -0.393. The molecule has 0 rings (SSSR count). The molecule has 0 radical (unpaired) electrons. The Hall–Kier alpha value is -1.58. The first-order valence-corrected chi connectivity index (χ1v) is 11.1. The van der Waals surface area contributed by atoms with Gasteiger partial charge in [-0.25, -0.2) is 9.59 Å². The van der Waals surface area contributed by atoms with Crippen LogP contribution in [0.3, 0.4) is 0 Å². The van der Waals surface area contributed by atoms with Crippen molar-refractivity contribution in [3.63, 3.8) is 0 Å². The molecule has 2 unspecified atom stereocenters. The Balaban J connectivity index is 4.12. The number of unbranched alkanes of at least 4 members (excludes halogenated alkanes) is 2. The van der Waals surface area contributed by atoms with Crippen LogP contribution < -0.4 is 0 Å². The van der Waals surface area contributed by atoms with Gasteiger partial charge in [0.05, 0.1) is 0 Å². The van der Waals surface area contributed by atoms with Gasteiger partial charge in [-0.05, 0) is 24.7 Å². The summed E-state index contributed by atoms with van der Waals surface area (Å²) in [5, 5.41) is 0. The highest BCUT2D eigenvalue weighted by Gasteiger charge is 2.16. The van der Waals surface area contributed by atoms with Crippen LogP contribution in [-0.4, -0.2) is 25.2 Å². The summed E-state index contributed by atoms with van der Waals surface area (Å²) in [5.41, 5.74) is 1.00. The summed E-state index contributed by atoms with van der Waals surface area (Å²) in [5.74, 6) is 0.159. The fourth-order valence-corrected chi connectivity index (χ4v) is 3.22. The van der Waals surface area contributed by atoms with Crippen LogP contribution in [0.1, 0.15) is 91.9 Å². The smallest absolute Gasteiger partial charge is 0.333 e. The molecule has 0 aliphatic rings. The van der Waals surface area contributed by atoms with Gasteiger partial charge in [-0.2, -0.15) is 0 Å². The second-order valence-corrected chi connectivity index (χ2v) is 7.72. The zero-order valence-electron chi connectivity index (χ0n) is 18.7. The van der Waals surface area contributed by atoms with Gasteiger partial charge in [0.15, 0.2) is 0 Å². The molecule has 28 heavy (non-hydrogen) atoms. The summed E-state index contributed by atoms with van der Waals surface area (Å²) >= 11 is 0. The molecule has 0 heterocycles. The molecule has 0 amide bonds. The summed E-state index contributed by atoms with van der Waals surface area (Å²) in [6.07, 6.45) is 10.3. The van der Waals surface area contributed by atoms with Crippen molar-refractivity contribution in [3.05, 3.63) is 24.3 Å². The molecule has 2 atom stereocenters. The van der Waals surface area contributed by atoms with Crippen LogP contribution in [0.25, 0.3) is 0 Å². The maximum atomic E-state index is 12.1. The van der Waals surface area contributed by atoms with E-state index < -0.39 is 11.9 Å². The monoisotopic (exact) mass is 394 g/mol. The molecule has 4 nitrogen and oxygen atoms in total. The van der Waals surface area contributed by atoms with Gasteiger partial charge in [-0.15, -0.1) is 0 Å². The lowest BCUT2D eigenvalue weighted by molar-refractivity contribution is -0.147. The maximum Gasteiger partial charge on any atom is 0.333 e. The Kier molecular flexibility index (Phi) is 15.5. The van der Waals surface area contributed by atoms with E-state index >= 15 is 0 Å². The molecular weight excluding hydrogens is 352 g/mol. The number of hydrogen-bond donors (Lipinski definition) is 0. The molecular formula is C24H42O4. The molecule has 0 N–H and O–H groups in total. The summed E-state index contributed by atoms with van der Waals surface area (Å²) in [4.78, 5) is 24.1. The third kappa shape index (κ3) is 12.0.